The smallest absolute Gasteiger partial charge is 0.254 e. The maximum atomic E-state index is 12.8. The van der Waals surface area contributed by atoms with Crippen molar-refractivity contribution in [3.05, 3.63) is 56.2 Å². The number of carbonyl (C=O) groups excluding carboxylic acids is 1. The Bertz CT molecular complexity index is 603. The van der Waals surface area contributed by atoms with Crippen LogP contribution >= 0.6 is 27.3 Å². The van der Waals surface area contributed by atoms with E-state index in [1.165, 1.54) is 4.88 Å². The van der Waals surface area contributed by atoms with E-state index < -0.39 is 0 Å². The molecule has 1 aliphatic heterocycles. The second-order valence-corrected chi connectivity index (χ2v) is 7.08. The second kappa shape index (κ2) is 5.70. The number of aryl methyl sites for hydroxylation is 1. The van der Waals surface area contributed by atoms with Crippen molar-refractivity contribution in [3.8, 4) is 0 Å². The number of likely N-dealkylation sites (tertiary alicyclic amines) is 1. The SMILES string of the molecule is Cc1cc(Br)cc(C(=O)N2CCCC2c2cccs2)c1. The van der Waals surface area contributed by atoms with E-state index in [1.54, 1.807) is 11.3 Å². The summed E-state index contributed by atoms with van der Waals surface area (Å²) in [5, 5.41) is 2.08. The van der Waals surface area contributed by atoms with Crippen LogP contribution in [0.3, 0.4) is 0 Å². The van der Waals surface area contributed by atoms with Crippen molar-refractivity contribution >= 4 is 33.2 Å². The third kappa shape index (κ3) is 2.67. The number of hydrogen-bond acceptors (Lipinski definition) is 2. The monoisotopic (exact) mass is 349 g/mol. The number of amides is 1. The molecular formula is C16H16BrNOS. The molecule has 0 N–H and O–H groups in total. The molecule has 1 aromatic carbocycles. The molecule has 1 aliphatic rings. The molecule has 104 valence electrons. The van der Waals surface area contributed by atoms with Gasteiger partial charge < -0.3 is 4.90 Å². The van der Waals surface area contributed by atoms with Crippen LogP contribution in [0.5, 0.6) is 0 Å². The fourth-order valence-corrected chi connectivity index (χ4v) is 4.29. The highest BCUT2D eigenvalue weighted by Crippen LogP contribution is 2.35. The lowest BCUT2D eigenvalue weighted by molar-refractivity contribution is 0.0737. The first-order chi connectivity index (χ1) is 9.65. The predicted molar refractivity (Wildman–Crippen MR) is 86.2 cm³/mol. The summed E-state index contributed by atoms with van der Waals surface area (Å²) in [6, 6.07) is 10.4. The minimum atomic E-state index is 0.144. The average Bonchev–Trinajstić information content (AvgIpc) is 3.07. The summed E-state index contributed by atoms with van der Waals surface area (Å²) >= 11 is 5.21. The Hall–Kier alpha value is -1.13. The van der Waals surface area contributed by atoms with Gasteiger partial charge in [0.2, 0.25) is 0 Å². The number of thiophene rings is 1. The molecule has 1 saturated heterocycles. The fourth-order valence-electron chi connectivity index (χ4n) is 2.81. The van der Waals surface area contributed by atoms with Gasteiger partial charge in [-0.3, -0.25) is 4.79 Å². The molecule has 20 heavy (non-hydrogen) atoms. The maximum Gasteiger partial charge on any atom is 0.254 e. The first kappa shape index (κ1) is 13.8. The topological polar surface area (TPSA) is 20.3 Å². The molecule has 0 saturated carbocycles. The van der Waals surface area contributed by atoms with Crippen molar-refractivity contribution in [1.29, 1.82) is 0 Å². The zero-order valence-electron chi connectivity index (χ0n) is 11.3. The van der Waals surface area contributed by atoms with E-state index in [0.717, 1.165) is 35.0 Å². The maximum absolute atomic E-state index is 12.8. The minimum absolute atomic E-state index is 0.144. The van der Waals surface area contributed by atoms with Crippen LogP contribution in [0.15, 0.2) is 40.2 Å². The summed E-state index contributed by atoms with van der Waals surface area (Å²) in [4.78, 5) is 16.1. The van der Waals surface area contributed by atoms with Crippen molar-refractivity contribution in [2.24, 2.45) is 0 Å². The molecule has 2 nitrogen and oxygen atoms in total. The molecule has 0 spiro atoms. The molecular weight excluding hydrogens is 334 g/mol. The van der Waals surface area contributed by atoms with Gasteiger partial charge in [0.15, 0.2) is 0 Å². The normalized spacial score (nSPS) is 18.5. The van der Waals surface area contributed by atoms with Crippen molar-refractivity contribution in [3.63, 3.8) is 0 Å². The van der Waals surface area contributed by atoms with E-state index in [1.807, 2.05) is 30.0 Å². The molecule has 1 atom stereocenters. The van der Waals surface area contributed by atoms with Gasteiger partial charge >= 0.3 is 0 Å². The largest absolute Gasteiger partial charge is 0.331 e. The Morgan fingerprint density at radius 3 is 2.95 bits per heavy atom. The summed E-state index contributed by atoms with van der Waals surface area (Å²) in [7, 11) is 0. The first-order valence-electron chi connectivity index (χ1n) is 6.77. The van der Waals surface area contributed by atoms with Gasteiger partial charge in [0.05, 0.1) is 6.04 Å². The van der Waals surface area contributed by atoms with Crippen molar-refractivity contribution < 1.29 is 4.79 Å². The van der Waals surface area contributed by atoms with Crippen LogP contribution in [0, 0.1) is 6.92 Å². The lowest BCUT2D eigenvalue weighted by atomic mass is 10.1. The van der Waals surface area contributed by atoms with E-state index in [9.17, 15) is 4.79 Å². The summed E-state index contributed by atoms with van der Waals surface area (Å²) in [6.07, 6.45) is 2.15. The quantitative estimate of drug-likeness (QED) is 0.762. The molecule has 1 unspecified atom stereocenters. The van der Waals surface area contributed by atoms with Crippen LogP contribution in [0.25, 0.3) is 0 Å². The molecule has 1 fully saturated rings. The fraction of sp³-hybridized carbons (Fsp3) is 0.312. The van der Waals surface area contributed by atoms with E-state index >= 15 is 0 Å². The van der Waals surface area contributed by atoms with Crippen LogP contribution < -0.4 is 0 Å². The number of hydrogen-bond donors (Lipinski definition) is 0. The van der Waals surface area contributed by atoms with Crippen molar-refractivity contribution in [2.75, 3.05) is 6.54 Å². The zero-order valence-corrected chi connectivity index (χ0v) is 13.7. The zero-order chi connectivity index (χ0) is 14.1. The first-order valence-corrected chi connectivity index (χ1v) is 8.44. The van der Waals surface area contributed by atoms with Crippen molar-refractivity contribution in [2.45, 2.75) is 25.8 Å². The lowest BCUT2D eigenvalue weighted by Crippen LogP contribution is -2.30. The highest BCUT2D eigenvalue weighted by Gasteiger charge is 2.31. The van der Waals surface area contributed by atoms with Crippen LogP contribution in [0.1, 0.15) is 39.7 Å². The minimum Gasteiger partial charge on any atom is -0.331 e. The van der Waals surface area contributed by atoms with E-state index in [-0.39, 0.29) is 11.9 Å². The summed E-state index contributed by atoms with van der Waals surface area (Å²) < 4.78 is 0.965. The highest BCUT2D eigenvalue weighted by molar-refractivity contribution is 9.10. The number of nitrogens with zero attached hydrogens (tertiary/aromatic N) is 1. The standard InChI is InChI=1S/C16H16BrNOS/c1-11-8-12(10-13(17)9-11)16(19)18-6-2-4-14(18)15-5-3-7-20-15/h3,5,7-10,14H,2,4,6H2,1H3. The molecule has 2 aromatic rings. The molecule has 0 bridgehead atoms. The van der Waals surface area contributed by atoms with Gasteiger partial charge in [-0.2, -0.15) is 0 Å². The molecule has 0 radical (unpaired) electrons. The van der Waals surface area contributed by atoms with Crippen molar-refractivity contribution in [1.82, 2.24) is 4.90 Å². The Balaban J connectivity index is 1.89. The van der Waals surface area contributed by atoms with Gasteiger partial charge in [0, 0.05) is 21.5 Å². The van der Waals surface area contributed by atoms with Gasteiger partial charge in [0.25, 0.3) is 5.91 Å². The van der Waals surface area contributed by atoms with Crippen LogP contribution in [0.2, 0.25) is 0 Å². The van der Waals surface area contributed by atoms with Crippen LogP contribution in [0.4, 0.5) is 0 Å². The summed E-state index contributed by atoms with van der Waals surface area (Å²) in [5.41, 5.74) is 1.88. The number of carbonyl (C=O) groups is 1. The van der Waals surface area contributed by atoms with E-state index in [0.29, 0.717) is 0 Å². The van der Waals surface area contributed by atoms with Gasteiger partial charge in [-0.05, 0) is 55.0 Å². The third-order valence-corrected chi connectivity index (χ3v) is 5.11. The van der Waals surface area contributed by atoms with Gasteiger partial charge in [0.1, 0.15) is 0 Å². The molecule has 2 heterocycles. The van der Waals surface area contributed by atoms with Gasteiger partial charge in [-0.1, -0.05) is 22.0 Å². The summed E-state index contributed by atoms with van der Waals surface area (Å²) in [5.74, 6) is 0.144. The predicted octanol–water partition coefficient (Wildman–Crippen LogP) is 4.80. The molecule has 0 aliphatic carbocycles. The number of benzene rings is 1. The lowest BCUT2D eigenvalue weighted by Gasteiger charge is -2.24. The molecule has 3 rings (SSSR count). The Labute approximate surface area is 131 Å². The Morgan fingerprint density at radius 1 is 1.40 bits per heavy atom. The second-order valence-electron chi connectivity index (χ2n) is 5.19. The highest BCUT2D eigenvalue weighted by atomic mass is 79.9. The van der Waals surface area contributed by atoms with Crippen LogP contribution in [-0.4, -0.2) is 17.4 Å². The van der Waals surface area contributed by atoms with Crippen LogP contribution in [-0.2, 0) is 0 Å². The third-order valence-electron chi connectivity index (χ3n) is 3.67. The van der Waals surface area contributed by atoms with Gasteiger partial charge in [-0.25, -0.2) is 0 Å². The number of rotatable bonds is 2. The molecule has 1 amide bonds. The van der Waals surface area contributed by atoms with Gasteiger partial charge in [-0.15, -0.1) is 11.3 Å². The average molecular weight is 350 g/mol. The molecule has 4 heteroatoms. The Morgan fingerprint density at radius 2 is 2.25 bits per heavy atom. The van der Waals surface area contributed by atoms with E-state index in [2.05, 4.69) is 33.4 Å². The van der Waals surface area contributed by atoms with E-state index in [4.69, 9.17) is 0 Å². The Kier molecular flexibility index (Phi) is 3.94. The summed E-state index contributed by atoms with van der Waals surface area (Å²) in [6.45, 7) is 2.87. The molecule has 1 aromatic heterocycles. The number of halogens is 1.